The van der Waals surface area contributed by atoms with Gasteiger partial charge in [0.2, 0.25) is 0 Å². The van der Waals surface area contributed by atoms with Crippen molar-refractivity contribution in [3.63, 3.8) is 0 Å². The van der Waals surface area contributed by atoms with Crippen molar-refractivity contribution in [3.05, 3.63) is 59.4 Å². The quantitative estimate of drug-likeness (QED) is 0.670. The molecule has 0 saturated heterocycles. The number of nitrogens with zero attached hydrogens (tertiary/aromatic N) is 2. The van der Waals surface area contributed by atoms with Crippen LogP contribution in [0.25, 0.3) is 5.65 Å². The Morgan fingerprint density at radius 3 is 2.62 bits per heavy atom. The van der Waals surface area contributed by atoms with Gasteiger partial charge in [0.05, 0.1) is 5.92 Å². The fourth-order valence-corrected chi connectivity index (χ4v) is 4.24. The van der Waals surface area contributed by atoms with Gasteiger partial charge in [0.25, 0.3) is 10.0 Å². The monoisotopic (exact) mass is 393 g/mol. The molecular formula is C17H16ClN3O4S. The summed E-state index contributed by atoms with van der Waals surface area (Å²) in [5, 5.41) is 8.70. The average Bonchev–Trinajstić information content (AvgIpc) is 2.92. The largest absolute Gasteiger partial charge is 0.481 e. The Balaban J connectivity index is 1.85. The molecule has 0 amide bonds. The number of carboxylic acids is 1. The summed E-state index contributed by atoms with van der Waals surface area (Å²) in [6.45, 7) is 1.62. The maximum absolute atomic E-state index is 12.7. The van der Waals surface area contributed by atoms with Crippen molar-refractivity contribution in [1.29, 1.82) is 0 Å². The number of carboxylic acid groups (broad SMARTS) is 1. The first-order valence-corrected chi connectivity index (χ1v) is 9.61. The lowest BCUT2D eigenvalue weighted by molar-refractivity contribution is -0.141. The molecule has 0 unspecified atom stereocenters. The predicted molar refractivity (Wildman–Crippen MR) is 98.0 cm³/mol. The molecule has 7 nitrogen and oxygen atoms in total. The summed E-state index contributed by atoms with van der Waals surface area (Å²) in [6, 6.07) is 11.6. The molecule has 2 aromatic heterocycles. The fourth-order valence-electron chi connectivity index (χ4n) is 2.54. The van der Waals surface area contributed by atoms with Gasteiger partial charge in [0.1, 0.15) is 5.65 Å². The maximum Gasteiger partial charge on any atom is 0.306 e. The third-order valence-corrected chi connectivity index (χ3v) is 5.65. The molecule has 0 aliphatic rings. The zero-order chi connectivity index (χ0) is 18.9. The van der Waals surface area contributed by atoms with Crippen LogP contribution in [0.1, 0.15) is 12.5 Å². The number of hydrogen-bond donors (Lipinski definition) is 2. The Morgan fingerprint density at radius 1 is 1.27 bits per heavy atom. The van der Waals surface area contributed by atoms with E-state index in [4.69, 9.17) is 16.7 Å². The number of halogens is 1. The molecule has 3 aromatic rings. The van der Waals surface area contributed by atoms with Crippen LogP contribution >= 0.6 is 11.6 Å². The Hall–Kier alpha value is -2.58. The van der Waals surface area contributed by atoms with Gasteiger partial charge in [0, 0.05) is 11.9 Å². The second-order valence-corrected chi connectivity index (χ2v) is 7.84. The molecule has 0 aliphatic carbocycles. The first kappa shape index (κ1) is 18.2. The Labute approximate surface area is 155 Å². The Kier molecular flexibility index (Phi) is 4.88. The summed E-state index contributed by atoms with van der Waals surface area (Å²) in [5.41, 5.74) is 1.57. The zero-order valence-corrected chi connectivity index (χ0v) is 15.3. The number of sulfonamides is 1. The second kappa shape index (κ2) is 6.97. The van der Waals surface area contributed by atoms with E-state index in [0.29, 0.717) is 17.8 Å². The molecular weight excluding hydrogens is 378 g/mol. The number of benzene rings is 1. The van der Waals surface area contributed by atoms with Gasteiger partial charge in [0.15, 0.2) is 10.2 Å². The van der Waals surface area contributed by atoms with E-state index < -0.39 is 21.9 Å². The van der Waals surface area contributed by atoms with Crippen LogP contribution in [-0.2, 0) is 21.2 Å². The molecule has 0 spiro atoms. The first-order chi connectivity index (χ1) is 12.3. The first-order valence-electron chi connectivity index (χ1n) is 7.75. The highest BCUT2D eigenvalue weighted by molar-refractivity contribution is 7.92. The van der Waals surface area contributed by atoms with E-state index in [1.165, 1.54) is 4.40 Å². The van der Waals surface area contributed by atoms with Crippen LogP contribution < -0.4 is 4.72 Å². The summed E-state index contributed by atoms with van der Waals surface area (Å²) < 4.78 is 29.3. The summed E-state index contributed by atoms with van der Waals surface area (Å²) in [7, 11) is -3.95. The second-order valence-electron chi connectivity index (χ2n) is 5.88. The molecule has 0 fully saturated rings. The molecule has 2 heterocycles. The molecule has 0 radical (unpaired) electrons. The molecule has 0 aliphatic heterocycles. The number of aromatic nitrogens is 2. The van der Waals surface area contributed by atoms with Crippen LogP contribution in [0.5, 0.6) is 0 Å². The molecule has 2 N–H and O–H groups in total. The third kappa shape index (κ3) is 3.66. The minimum absolute atomic E-state index is 0.115. The molecule has 1 atom stereocenters. The van der Waals surface area contributed by atoms with Gasteiger partial charge in [-0.2, -0.15) is 8.42 Å². The summed E-state index contributed by atoms with van der Waals surface area (Å²) >= 11 is 6.02. The van der Waals surface area contributed by atoms with Crippen LogP contribution in [0.2, 0.25) is 5.15 Å². The van der Waals surface area contributed by atoms with Gasteiger partial charge in [-0.15, -0.1) is 0 Å². The highest BCUT2D eigenvalue weighted by Crippen LogP contribution is 2.25. The van der Waals surface area contributed by atoms with Gasteiger partial charge in [-0.05, 0) is 36.2 Å². The van der Waals surface area contributed by atoms with Crippen molar-refractivity contribution < 1.29 is 18.3 Å². The molecule has 9 heteroatoms. The maximum atomic E-state index is 12.7. The van der Waals surface area contributed by atoms with Crippen molar-refractivity contribution in [2.75, 3.05) is 4.72 Å². The summed E-state index contributed by atoms with van der Waals surface area (Å²) in [5.74, 6) is -1.40. The van der Waals surface area contributed by atoms with Gasteiger partial charge in [-0.25, -0.2) is 4.98 Å². The standard InChI is InChI=1S/C17H16ClN3O4S/c1-11(17(22)23)10-12-5-7-13(8-6-12)20-26(24,25)16-15(18)19-14-4-2-3-9-21(14)16/h2-9,11,20H,10H2,1H3,(H,22,23)/t11-/m1/s1. The van der Waals surface area contributed by atoms with Crippen LogP contribution in [0.15, 0.2) is 53.7 Å². The number of rotatable bonds is 6. The van der Waals surface area contributed by atoms with Crippen molar-refractivity contribution in [2.24, 2.45) is 5.92 Å². The van der Waals surface area contributed by atoms with Crippen molar-refractivity contribution >= 4 is 38.9 Å². The summed E-state index contributed by atoms with van der Waals surface area (Å²) in [6.07, 6.45) is 1.93. The zero-order valence-electron chi connectivity index (χ0n) is 13.8. The number of fused-ring (bicyclic) bond motifs is 1. The number of anilines is 1. The van der Waals surface area contributed by atoms with E-state index in [1.807, 2.05) is 0 Å². The van der Waals surface area contributed by atoms with Crippen molar-refractivity contribution in [1.82, 2.24) is 9.38 Å². The van der Waals surface area contributed by atoms with Gasteiger partial charge in [-0.3, -0.25) is 13.9 Å². The molecule has 3 rings (SSSR count). The predicted octanol–water partition coefficient (Wildman–Crippen LogP) is 3.05. The van der Waals surface area contributed by atoms with Crippen molar-refractivity contribution in [3.8, 4) is 0 Å². The number of carbonyl (C=O) groups is 1. The number of pyridine rings is 1. The topological polar surface area (TPSA) is 101 Å². The van der Waals surface area contributed by atoms with Crippen LogP contribution in [0.4, 0.5) is 5.69 Å². The summed E-state index contributed by atoms with van der Waals surface area (Å²) in [4.78, 5) is 15.0. The normalized spacial score (nSPS) is 12.8. The fraction of sp³-hybridized carbons (Fsp3) is 0.176. The highest BCUT2D eigenvalue weighted by Gasteiger charge is 2.24. The molecule has 0 bridgehead atoms. The lowest BCUT2D eigenvalue weighted by atomic mass is 10.0. The number of nitrogens with one attached hydrogen (secondary N) is 1. The van der Waals surface area contributed by atoms with E-state index in [-0.39, 0.29) is 10.2 Å². The molecule has 1 aromatic carbocycles. The average molecular weight is 394 g/mol. The molecule has 136 valence electrons. The van der Waals surface area contributed by atoms with Crippen LogP contribution in [0, 0.1) is 5.92 Å². The molecule has 0 saturated carbocycles. The lowest BCUT2D eigenvalue weighted by Gasteiger charge is -2.10. The van der Waals surface area contributed by atoms with E-state index >= 15 is 0 Å². The van der Waals surface area contributed by atoms with E-state index in [9.17, 15) is 13.2 Å². The molecule has 26 heavy (non-hydrogen) atoms. The van der Waals surface area contributed by atoms with Gasteiger partial charge in [-0.1, -0.05) is 36.7 Å². The number of imidazole rings is 1. The van der Waals surface area contributed by atoms with Gasteiger partial charge >= 0.3 is 5.97 Å². The van der Waals surface area contributed by atoms with Gasteiger partial charge < -0.3 is 5.11 Å². The number of aliphatic carboxylic acids is 1. The minimum atomic E-state index is -3.95. The smallest absolute Gasteiger partial charge is 0.306 e. The lowest BCUT2D eigenvalue weighted by Crippen LogP contribution is -2.16. The van der Waals surface area contributed by atoms with E-state index in [2.05, 4.69) is 9.71 Å². The Morgan fingerprint density at radius 2 is 1.96 bits per heavy atom. The highest BCUT2D eigenvalue weighted by atomic mass is 35.5. The minimum Gasteiger partial charge on any atom is -0.481 e. The van der Waals surface area contributed by atoms with E-state index in [1.54, 1.807) is 55.6 Å². The van der Waals surface area contributed by atoms with E-state index in [0.717, 1.165) is 5.56 Å². The number of hydrogen-bond acceptors (Lipinski definition) is 4. The van der Waals surface area contributed by atoms with Crippen LogP contribution in [-0.4, -0.2) is 28.9 Å². The Bertz CT molecular complexity index is 1060. The SMILES string of the molecule is C[C@H](Cc1ccc(NS(=O)(=O)c2c(Cl)nc3ccccn23)cc1)C(=O)O. The van der Waals surface area contributed by atoms with Crippen molar-refractivity contribution in [2.45, 2.75) is 18.4 Å². The van der Waals surface area contributed by atoms with Crippen LogP contribution in [0.3, 0.4) is 0 Å². The third-order valence-electron chi connectivity index (χ3n) is 3.87.